The first kappa shape index (κ1) is 13.1. The zero-order valence-electron chi connectivity index (χ0n) is 9.33. The molecule has 2 rings (SSSR count). The lowest BCUT2D eigenvalue weighted by atomic mass is 10.1. The molecule has 1 aliphatic rings. The molecule has 1 aliphatic heterocycles. The number of alkyl halides is 1. The zero-order valence-corrected chi connectivity index (χ0v) is 10.8. The maximum atomic E-state index is 13.7. The van der Waals surface area contributed by atoms with Crippen molar-refractivity contribution in [3.8, 4) is 0 Å². The van der Waals surface area contributed by atoms with Crippen molar-refractivity contribution in [3.05, 3.63) is 34.6 Å². The second kappa shape index (κ2) is 6.01. The highest BCUT2D eigenvalue weighted by Gasteiger charge is 2.23. The van der Waals surface area contributed by atoms with Crippen molar-refractivity contribution < 1.29 is 9.13 Å². The number of halogens is 3. The lowest BCUT2D eigenvalue weighted by Crippen LogP contribution is -2.46. The molecule has 1 unspecified atom stereocenters. The summed E-state index contributed by atoms with van der Waals surface area (Å²) in [6.45, 7) is 2.48. The van der Waals surface area contributed by atoms with E-state index in [0.29, 0.717) is 36.2 Å². The molecule has 94 valence electrons. The molecule has 1 atom stereocenters. The van der Waals surface area contributed by atoms with E-state index in [9.17, 15) is 4.39 Å². The number of nitrogens with zero attached hydrogens (tertiary/aromatic N) is 1. The van der Waals surface area contributed by atoms with Crippen molar-refractivity contribution in [1.82, 2.24) is 4.90 Å². The van der Waals surface area contributed by atoms with Crippen molar-refractivity contribution in [2.24, 2.45) is 0 Å². The maximum Gasteiger partial charge on any atom is 0.129 e. The van der Waals surface area contributed by atoms with Crippen LogP contribution in [0.15, 0.2) is 18.2 Å². The summed E-state index contributed by atoms with van der Waals surface area (Å²) in [5.41, 5.74) is 0.534. The van der Waals surface area contributed by atoms with Crippen LogP contribution >= 0.6 is 23.2 Å². The maximum absolute atomic E-state index is 13.7. The van der Waals surface area contributed by atoms with Crippen molar-refractivity contribution in [2.45, 2.75) is 12.6 Å². The van der Waals surface area contributed by atoms with Crippen LogP contribution in [0, 0.1) is 5.82 Å². The van der Waals surface area contributed by atoms with Crippen molar-refractivity contribution in [1.29, 1.82) is 0 Å². The van der Waals surface area contributed by atoms with Crippen LogP contribution in [0.4, 0.5) is 4.39 Å². The first-order valence-corrected chi connectivity index (χ1v) is 6.44. The second-order valence-corrected chi connectivity index (χ2v) is 4.77. The van der Waals surface area contributed by atoms with Crippen LogP contribution in [0.3, 0.4) is 0 Å². The molecular formula is C12H14Cl2FNO. The third-order valence-electron chi connectivity index (χ3n) is 2.95. The largest absolute Gasteiger partial charge is 0.378 e. The zero-order chi connectivity index (χ0) is 12.3. The Balaban J connectivity index is 2.13. The molecule has 0 aliphatic carbocycles. The molecule has 0 radical (unpaired) electrons. The Morgan fingerprint density at radius 1 is 1.47 bits per heavy atom. The highest BCUT2D eigenvalue weighted by molar-refractivity contribution is 6.31. The average Bonchev–Trinajstić information content (AvgIpc) is 2.34. The van der Waals surface area contributed by atoms with Gasteiger partial charge in [-0.15, -0.1) is 11.6 Å². The molecule has 1 aromatic rings. The SMILES string of the molecule is Fc1cccc(Cl)c1CN1CCOCC1CCl. The molecule has 5 heteroatoms. The van der Waals surface area contributed by atoms with Crippen LogP contribution in [-0.4, -0.2) is 36.6 Å². The van der Waals surface area contributed by atoms with Crippen molar-refractivity contribution in [2.75, 3.05) is 25.6 Å². The van der Waals surface area contributed by atoms with Crippen LogP contribution in [0.1, 0.15) is 5.56 Å². The second-order valence-electron chi connectivity index (χ2n) is 4.05. The topological polar surface area (TPSA) is 12.5 Å². The molecule has 1 saturated heterocycles. The van der Waals surface area contributed by atoms with E-state index in [1.54, 1.807) is 12.1 Å². The lowest BCUT2D eigenvalue weighted by Gasteiger charge is -2.34. The first-order chi connectivity index (χ1) is 8.22. The number of morpholine rings is 1. The predicted octanol–water partition coefficient (Wildman–Crippen LogP) is 2.92. The van der Waals surface area contributed by atoms with E-state index in [-0.39, 0.29) is 11.9 Å². The van der Waals surface area contributed by atoms with Crippen molar-refractivity contribution >= 4 is 23.2 Å². The van der Waals surface area contributed by atoms with E-state index >= 15 is 0 Å². The Bertz CT molecular complexity index is 369. The molecule has 1 aromatic carbocycles. The van der Waals surface area contributed by atoms with Gasteiger partial charge in [0.15, 0.2) is 0 Å². The molecule has 0 bridgehead atoms. The minimum Gasteiger partial charge on any atom is -0.378 e. The molecule has 2 nitrogen and oxygen atoms in total. The minimum absolute atomic E-state index is 0.126. The smallest absolute Gasteiger partial charge is 0.129 e. The van der Waals surface area contributed by atoms with Gasteiger partial charge in [0.05, 0.1) is 13.2 Å². The summed E-state index contributed by atoms with van der Waals surface area (Å²) in [4.78, 5) is 2.11. The third kappa shape index (κ3) is 3.10. The molecule has 0 N–H and O–H groups in total. The van der Waals surface area contributed by atoms with Gasteiger partial charge in [0.25, 0.3) is 0 Å². The highest BCUT2D eigenvalue weighted by Crippen LogP contribution is 2.22. The van der Waals surface area contributed by atoms with E-state index in [2.05, 4.69) is 4.90 Å². The number of rotatable bonds is 3. The number of hydrogen-bond donors (Lipinski definition) is 0. The normalized spacial score (nSPS) is 21.7. The Kier molecular flexibility index (Phi) is 4.62. The quantitative estimate of drug-likeness (QED) is 0.788. The summed E-state index contributed by atoms with van der Waals surface area (Å²) < 4.78 is 19.0. The van der Waals surface area contributed by atoms with Gasteiger partial charge in [-0.2, -0.15) is 0 Å². The van der Waals surface area contributed by atoms with Gasteiger partial charge in [-0.05, 0) is 12.1 Å². The lowest BCUT2D eigenvalue weighted by molar-refractivity contribution is -0.00346. The van der Waals surface area contributed by atoms with Gasteiger partial charge < -0.3 is 4.74 Å². The summed E-state index contributed by atoms with van der Waals surface area (Å²) in [5, 5.41) is 0.463. The molecule has 1 fully saturated rings. The Labute approximate surface area is 110 Å². The average molecular weight is 278 g/mol. The van der Waals surface area contributed by atoms with Gasteiger partial charge >= 0.3 is 0 Å². The van der Waals surface area contributed by atoms with E-state index in [1.807, 2.05) is 0 Å². The van der Waals surface area contributed by atoms with Gasteiger partial charge in [-0.1, -0.05) is 17.7 Å². The Morgan fingerprint density at radius 2 is 2.29 bits per heavy atom. The number of benzene rings is 1. The molecular weight excluding hydrogens is 264 g/mol. The summed E-state index contributed by atoms with van der Waals surface area (Å²) >= 11 is 11.9. The van der Waals surface area contributed by atoms with Crippen LogP contribution in [0.5, 0.6) is 0 Å². The van der Waals surface area contributed by atoms with Gasteiger partial charge in [0.2, 0.25) is 0 Å². The fourth-order valence-corrected chi connectivity index (χ4v) is 2.43. The summed E-state index contributed by atoms with van der Waals surface area (Å²) in [6, 6.07) is 4.87. The van der Waals surface area contributed by atoms with Gasteiger partial charge in [0, 0.05) is 35.6 Å². The Hall–Kier alpha value is -0.350. The number of hydrogen-bond acceptors (Lipinski definition) is 2. The molecule has 1 heterocycles. The van der Waals surface area contributed by atoms with E-state index in [1.165, 1.54) is 6.07 Å². The third-order valence-corrected chi connectivity index (χ3v) is 3.66. The summed E-state index contributed by atoms with van der Waals surface area (Å²) in [7, 11) is 0. The highest BCUT2D eigenvalue weighted by atomic mass is 35.5. The monoisotopic (exact) mass is 277 g/mol. The molecule has 0 saturated carbocycles. The van der Waals surface area contributed by atoms with Crippen LogP contribution in [-0.2, 0) is 11.3 Å². The molecule has 17 heavy (non-hydrogen) atoms. The fraction of sp³-hybridized carbons (Fsp3) is 0.500. The van der Waals surface area contributed by atoms with Crippen molar-refractivity contribution in [3.63, 3.8) is 0 Å². The Morgan fingerprint density at radius 3 is 3.00 bits per heavy atom. The molecule has 0 spiro atoms. The molecule has 0 amide bonds. The van der Waals surface area contributed by atoms with Crippen LogP contribution in [0.25, 0.3) is 0 Å². The summed E-state index contributed by atoms with van der Waals surface area (Å²) in [5.74, 6) is 0.212. The minimum atomic E-state index is -0.266. The van der Waals surface area contributed by atoms with Gasteiger partial charge in [-0.3, -0.25) is 4.90 Å². The predicted molar refractivity (Wildman–Crippen MR) is 67.1 cm³/mol. The van der Waals surface area contributed by atoms with E-state index < -0.39 is 0 Å². The standard InChI is InChI=1S/C12H14Cl2FNO/c13-6-9-8-17-5-4-16(9)7-10-11(14)2-1-3-12(10)15/h1-3,9H,4-8H2. The number of ether oxygens (including phenoxy) is 1. The van der Waals surface area contributed by atoms with Crippen LogP contribution < -0.4 is 0 Å². The summed E-state index contributed by atoms with van der Waals surface area (Å²) in [6.07, 6.45) is 0. The first-order valence-electron chi connectivity index (χ1n) is 5.53. The fourth-order valence-electron chi connectivity index (χ4n) is 1.93. The van der Waals surface area contributed by atoms with E-state index in [4.69, 9.17) is 27.9 Å². The van der Waals surface area contributed by atoms with E-state index in [0.717, 1.165) is 6.54 Å². The van der Waals surface area contributed by atoms with Gasteiger partial charge in [-0.25, -0.2) is 4.39 Å². The van der Waals surface area contributed by atoms with Crippen LogP contribution in [0.2, 0.25) is 5.02 Å². The van der Waals surface area contributed by atoms with Gasteiger partial charge in [0.1, 0.15) is 5.82 Å². The molecule has 0 aromatic heterocycles.